The van der Waals surface area contributed by atoms with E-state index in [1.807, 2.05) is 48.7 Å². The number of allylic oxidation sites excluding steroid dienone is 3. The third kappa shape index (κ3) is 7.59. The molecule has 0 unspecified atom stereocenters. The van der Waals surface area contributed by atoms with Crippen molar-refractivity contribution >= 4 is 10.8 Å². The van der Waals surface area contributed by atoms with Crippen LogP contribution >= 0.6 is 0 Å². The van der Waals surface area contributed by atoms with Crippen LogP contribution in [0.4, 0.5) is 0 Å². The normalized spacial score (nSPS) is 11.9. The van der Waals surface area contributed by atoms with E-state index in [1.165, 1.54) is 10.8 Å². The number of hydrogen-bond acceptors (Lipinski definition) is 1. The van der Waals surface area contributed by atoms with Crippen molar-refractivity contribution in [1.82, 2.24) is 4.98 Å². The third-order valence-electron chi connectivity index (χ3n) is 4.78. The van der Waals surface area contributed by atoms with Gasteiger partial charge < -0.3 is 4.98 Å². The molecule has 2 heteroatoms. The Labute approximate surface area is 196 Å². The molecule has 1 heterocycles. The molecule has 3 rings (SSSR count). The maximum absolute atomic E-state index is 5.95. The fourth-order valence-corrected chi connectivity index (χ4v) is 2.40. The molecule has 0 spiro atoms. The van der Waals surface area contributed by atoms with E-state index < -0.39 is 0 Å². The summed E-state index contributed by atoms with van der Waals surface area (Å²) >= 11 is 0. The first-order valence-electron chi connectivity index (χ1n) is 9.97. The molecular formula is C28H32IrN. The Morgan fingerprint density at radius 3 is 2.07 bits per heavy atom. The second-order valence-corrected chi connectivity index (χ2v) is 9.32. The van der Waals surface area contributed by atoms with Crippen molar-refractivity contribution in [2.75, 3.05) is 0 Å². The molecule has 1 nitrogen and oxygen atoms in total. The molecule has 0 saturated carbocycles. The summed E-state index contributed by atoms with van der Waals surface area (Å²) in [5.41, 5.74) is 4.13. The van der Waals surface area contributed by atoms with Gasteiger partial charge in [-0.05, 0) is 27.3 Å². The van der Waals surface area contributed by atoms with Crippen LogP contribution in [0.25, 0.3) is 22.0 Å². The van der Waals surface area contributed by atoms with Crippen LogP contribution < -0.4 is 0 Å². The molecule has 0 atom stereocenters. The summed E-state index contributed by atoms with van der Waals surface area (Å²) in [5, 5.41) is 2.38. The van der Waals surface area contributed by atoms with E-state index in [4.69, 9.17) is 6.58 Å². The zero-order chi connectivity index (χ0) is 21.7. The molecule has 0 bridgehead atoms. The fourth-order valence-electron chi connectivity index (χ4n) is 2.40. The minimum Gasteiger partial charge on any atom is -0.304 e. The Morgan fingerprint density at radius 2 is 1.53 bits per heavy atom. The SMILES string of the molecule is [CH-]=C(/C=C(\[CH2-])C(C)(C)C)C(C)(C)C.[Ir+3].[c-]1ccccc1-c1cc2ccccc2cn1. The van der Waals surface area contributed by atoms with Gasteiger partial charge in [-0.1, -0.05) is 71.9 Å². The van der Waals surface area contributed by atoms with Crippen molar-refractivity contribution in [3.63, 3.8) is 0 Å². The second-order valence-electron chi connectivity index (χ2n) is 9.32. The Balaban J connectivity index is 0.000000299. The molecule has 0 aliphatic carbocycles. The summed E-state index contributed by atoms with van der Waals surface area (Å²) in [4.78, 5) is 4.45. The summed E-state index contributed by atoms with van der Waals surface area (Å²) in [6, 6.07) is 21.4. The Hall–Kier alpha value is -2.15. The number of nitrogens with zero attached hydrogens (tertiary/aromatic N) is 1. The zero-order valence-corrected chi connectivity index (χ0v) is 21.3. The zero-order valence-electron chi connectivity index (χ0n) is 18.9. The maximum Gasteiger partial charge on any atom is 3.00 e. The molecule has 0 fully saturated rings. The quantitative estimate of drug-likeness (QED) is 0.224. The standard InChI is InChI=1S/C15H10N.C13H22.Ir/c1-2-6-12(7-3-1)15-10-13-8-4-5-9-14(13)11-16-15;1-10(12(3,4)5)9-11(2)13(6,7)8;/h1-6,8-11H;1,9H,2H2,3-8H3;/q-1;-2;+3/b;11-9+;. The number of hydrogen-bond donors (Lipinski definition) is 0. The van der Waals surface area contributed by atoms with Gasteiger partial charge in [-0.15, -0.1) is 35.9 Å². The molecule has 0 aliphatic rings. The Kier molecular flexibility index (Phi) is 9.28. The molecule has 1 aromatic heterocycles. The van der Waals surface area contributed by atoms with Crippen molar-refractivity contribution in [3.05, 3.63) is 97.6 Å². The van der Waals surface area contributed by atoms with Crippen molar-refractivity contribution in [2.45, 2.75) is 41.5 Å². The van der Waals surface area contributed by atoms with Gasteiger partial charge in [0.1, 0.15) is 0 Å². The predicted molar refractivity (Wildman–Crippen MR) is 126 cm³/mol. The first-order chi connectivity index (χ1) is 13.5. The van der Waals surface area contributed by atoms with E-state index in [9.17, 15) is 0 Å². The van der Waals surface area contributed by atoms with Crippen LogP contribution in [0, 0.1) is 30.4 Å². The number of benzene rings is 2. The van der Waals surface area contributed by atoms with Gasteiger partial charge in [-0.3, -0.25) is 6.58 Å². The minimum atomic E-state index is 0. The summed E-state index contributed by atoms with van der Waals surface area (Å²) in [6.45, 7) is 22.7. The summed E-state index contributed by atoms with van der Waals surface area (Å²) in [6.07, 6.45) is 3.91. The molecule has 0 N–H and O–H groups in total. The van der Waals surface area contributed by atoms with Crippen molar-refractivity contribution in [2.24, 2.45) is 10.8 Å². The first-order valence-corrected chi connectivity index (χ1v) is 9.97. The van der Waals surface area contributed by atoms with E-state index in [-0.39, 0.29) is 30.9 Å². The molecule has 0 radical (unpaired) electrons. The number of fused-ring (bicyclic) bond motifs is 1. The maximum atomic E-state index is 5.95. The molecule has 2 aromatic carbocycles. The predicted octanol–water partition coefficient (Wildman–Crippen LogP) is 7.90. The molecular weight excluding hydrogens is 543 g/mol. The topological polar surface area (TPSA) is 12.9 Å². The van der Waals surface area contributed by atoms with E-state index in [0.717, 1.165) is 22.4 Å². The van der Waals surface area contributed by atoms with Crippen LogP contribution in [0.3, 0.4) is 0 Å². The van der Waals surface area contributed by atoms with E-state index in [0.29, 0.717) is 0 Å². The van der Waals surface area contributed by atoms with Crippen molar-refractivity contribution in [1.29, 1.82) is 0 Å². The largest absolute Gasteiger partial charge is 3.00 e. The van der Waals surface area contributed by atoms with Crippen molar-refractivity contribution < 1.29 is 20.1 Å². The summed E-state index contributed by atoms with van der Waals surface area (Å²) in [7, 11) is 0. The van der Waals surface area contributed by atoms with Gasteiger partial charge in [0.25, 0.3) is 0 Å². The molecule has 0 aliphatic heterocycles. The van der Waals surface area contributed by atoms with Gasteiger partial charge in [0.05, 0.1) is 0 Å². The second kappa shape index (κ2) is 10.8. The monoisotopic (exact) mass is 575 g/mol. The average Bonchev–Trinajstić information content (AvgIpc) is 2.67. The van der Waals surface area contributed by atoms with E-state index >= 15 is 0 Å². The summed E-state index contributed by atoms with van der Waals surface area (Å²) < 4.78 is 0. The van der Waals surface area contributed by atoms with Crippen LogP contribution in [-0.2, 0) is 20.1 Å². The van der Waals surface area contributed by atoms with E-state index in [2.05, 4.69) is 77.7 Å². The van der Waals surface area contributed by atoms with Crippen LogP contribution in [0.15, 0.2) is 78.0 Å². The average molecular weight is 575 g/mol. The number of rotatable bonds is 2. The number of pyridine rings is 1. The molecule has 30 heavy (non-hydrogen) atoms. The van der Waals surface area contributed by atoms with E-state index in [1.54, 1.807) is 0 Å². The molecule has 158 valence electrons. The van der Waals surface area contributed by atoms with Gasteiger partial charge in [-0.25, -0.2) is 24.1 Å². The van der Waals surface area contributed by atoms with Crippen molar-refractivity contribution in [3.8, 4) is 11.3 Å². The summed E-state index contributed by atoms with van der Waals surface area (Å²) in [5.74, 6) is 0. The van der Waals surface area contributed by atoms with Crippen LogP contribution in [0.2, 0.25) is 0 Å². The Morgan fingerprint density at radius 1 is 0.933 bits per heavy atom. The smallest absolute Gasteiger partial charge is 0.304 e. The van der Waals surface area contributed by atoms with Gasteiger partial charge >= 0.3 is 20.1 Å². The van der Waals surface area contributed by atoms with Crippen LogP contribution in [0.1, 0.15) is 41.5 Å². The minimum absolute atomic E-state index is 0. The third-order valence-corrected chi connectivity index (χ3v) is 4.78. The Bertz CT molecular complexity index is 986. The van der Waals surface area contributed by atoms with Gasteiger partial charge in [0.2, 0.25) is 0 Å². The first kappa shape index (κ1) is 25.9. The van der Waals surface area contributed by atoms with Crippen LogP contribution in [0.5, 0.6) is 0 Å². The number of aromatic nitrogens is 1. The molecule has 0 saturated heterocycles. The molecule has 0 amide bonds. The van der Waals surface area contributed by atoms with Gasteiger partial charge in [0, 0.05) is 6.20 Å². The fraction of sp³-hybridized carbons (Fsp3) is 0.286. The van der Waals surface area contributed by atoms with Gasteiger partial charge in [0.15, 0.2) is 0 Å². The van der Waals surface area contributed by atoms with Crippen LogP contribution in [-0.4, -0.2) is 4.98 Å². The van der Waals surface area contributed by atoms with Gasteiger partial charge in [-0.2, -0.15) is 0 Å². The molecule has 3 aromatic rings.